The maximum absolute atomic E-state index is 11.6. The van der Waals surface area contributed by atoms with Gasteiger partial charge in [-0.3, -0.25) is 0 Å². The molecule has 0 saturated carbocycles. The Labute approximate surface area is 110 Å². The van der Waals surface area contributed by atoms with Crippen LogP contribution < -0.4 is 14.8 Å². The van der Waals surface area contributed by atoms with E-state index in [4.69, 9.17) is 16.3 Å². The molecule has 0 aliphatic heterocycles. The summed E-state index contributed by atoms with van der Waals surface area (Å²) in [7, 11) is 0. The first-order valence-electron chi connectivity index (χ1n) is 5.36. The molecule has 0 unspecified atom stereocenters. The number of nitrogens with zero attached hydrogens (tertiary/aromatic N) is 1. The average molecular weight is 264 g/mol. The molecule has 5 heteroatoms. The molecule has 2 aromatic rings. The number of rotatable bonds is 2. The fourth-order valence-corrected chi connectivity index (χ4v) is 1.55. The van der Waals surface area contributed by atoms with Gasteiger partial charge in [0.25, 0.3) is 0 Å². The molecular weight excluding hydrogens is 252 g/mol. The van der Waals surface area contributed by atoms with Gasteiger partial charge in [-0.2, -0.15) is 0 Å². The maximum atomic E-state index is 11.6. The normalized spacial score (nSPS) is 9.89. The maximum Gasteiger partial charge on any atom is 0.466 e. The first-order chi connectivity index (χ1) is 8.65. The number of hydrogen-bond donors (Lipinski definition) is 1. The summed E-state index contributed by atoms with van der Waals surface area (Å²) in [4.78, 5) is 11.6. The minimum atomic E-state index is -0.598. The van der Waals surface area contributed by atoms with Gasteiger partial charge in [0.1, 0.15) is 0 Å². The van der Waals surface area contributed by atoms with Crippen molar-refractivity contribution in [3.8, 4) is 5.75 Å². The molecule has 1 heterocycles. The van der Waals surface area contributed by atoms with E-state index in [1.54, 1.807) is 36.7 Å². The summed E-state index contributed by atoms with van der Waals surface area (Å²) in [6.45, 7) is 1.90. The number of amides is 1. The van der Waals surface area contributed by atoms with Crippen molar-refractivity contribution in [3.63, 3.8) is 0 Å². The lowest BCUT2D eigenvalue weighted by Gasteiger charge is -2.05. The Morgan fingerprint density at radius 2 is 2.00 bits per heavy atom. The van der Waals surface area contributed by atoms with Crippen LogP contribution in [0.1, 0.15) is 5.56 Å². The van der Waals surface area contributed by atoms with Gasteiger partial charge in [-0.1, -0.05) is 33.8 Å². The lowest BCUT2D eigenvalue weighted by atomic mass is 10.2. The van der Waals surface area contributed by atoms with Gasteiger partial charge in [-0.05, 0) is 24.6 Å². The summed E-state index contributed by atoms with van der Waals surface area (Å²) in [6.07, 6.45) is 2.79. The van der Waals surface area contributed by atoms with Gasteiger partial charge < -0.3 is 4.74 Å². The van der Waals surface area contributed by atoms with Gasteiger partial charge >= 0.3 is 6.09 Å². The van der Waals surface area contributed by atoms with Gasteiger partial charge in [-0.25, -0.2) is 4.79 Å². The number of carbonyl (C=O) groups excluding carboxylic acids is 1. The summed E-state index contributed by atoms with van der Waals surface area (Å²) in [5, 5.41) is 0.397. The van der Waals surface area contributed by atoms with Crippen LogP contribution in [0.2, 0.25) is 5.02 Å². The molecule has 0 spiro atoms. The Morgan fingerprint density at radius 3 is 2.72 bits per heavy atom. The van der Waals surface area contributed by atoms with Crippen LogP contribution in [-0.2, 0) is 0 Å². The smallest absolute Gasteiger partial charge is 0.405 e. The molecule has 1 N–H and O–H groups in total. The summed E-state index contributed by atoms with van der Waals surface area (Å²) in [5.41, 5.74) is 3.50. The molecule has 0 fully saturated rings. The van der Waals surface area contributed by atoms with Crippen LogP contribution in [0, 0.1) is 6.92 Å². The third-order valence-corrected chi connectivity index (χ3v) is 2.54. The highest BCUT2D eigenvalue weighted by molar-refractivity contribution is 6.32. The number of pyridine rings is 1. The van der Waals surface area contributed by atoms with E-state index in [2.05, 4.69) is 5.43 Å². The van der Waals surface area contributed by atoms with Crippen LogP contribution in [0.3, 0.4) is 0 Å². The van der Waals surface area contributed by atoms with E-state index in [-0.39, 0.29) is 0 Å². The molecule has 18 heavy (non-hydrogen) atoms. The number of aromatic nitrogens is 1. The van der Waals surface area contributed by atoms with E-state index < -0.39 is 6.09 Å². The SMILES string of the molecule is Cc1ccc(Cl)c(OC(=O)N[n+]2ccccc2)c1. The Morgan fingerprint density at radius 1 is 1.28 bits per heavy atom. The van der Waals surface area contributed by atoms with Gasteiger partial charge in [0.2, 0.25) is 0 Å². The number of halogens is 1. The van der Waals surface area contributed by atoms with Crippen LogP contribution in [-0.4, -0.2) is 6.09 Å². The first kappa shape index (κ1) is 12.4. The second-order valence-corrected chi connectivity index (χ2v) is 4.13. The van der Waals surface area contributed by atoms with Crippen molar-refractivity contribution in [2.45, 2.75) is 6.92 Å². The van der Waals surface area contributed by atoms with Gasteiger partial charge in [-0.15, -0.1) is 0 Å². The zero-order valence-electron chi connectivity index (χ0n) is 9.76. The average Bonchev–Trinajstić information content (AvgIpc) is 2.35. The Kier molecular flexibility index (Phi) is 3.79. The van der Waals surface area contributed by atoms with Crippen molar-refractivity contribution < 1.29 is 14.2 Å². The Balaban J connectivity index is 2.05. The number of nitrogens with one attached hydrogen (secondary N) is 1. The first-order valence-corrected chi connectivity index (χ1v) is 5.74. The zero-order chi connectivity index (χ0) is 13.0. The van der Waals surface area contributed by atoms with Crippen molar-refractivity contribution in [1.29, 1.82) is 0 Å². The number of hydrogen-bond acceptors (Lipinski definition) is 2. The molecule has 4 nitrogen and oxygen atoms in total. The monoisotopic (exact) mass is 263 g/mol. The highest BCUT2D eigenvalue weighted by Crippen LogP contribution is 2.25. The second-order valence-electron chi connectivity index (χ2n) is 3.72. The number of benzene rings is 1. The summed E-state index contributed by atoms with van der Waals surface area (Å²) < 4.78 is 6.62. The second kappa shape index (κ2) is 5.51. The van der Waals surface area contributed by atoms with E-state index in [0.717, 1.165) is 5.56 Å². The summed E-state index contributed by atoms with van der Waals surface area (Å²) >= 11 is 5.93. The standard InChI is InChI=1S/C13H11ClN2O2/c1-10-5-6-11(14)12(9-10)18-13(17)15-16-7-3-2-4-8-16/h2-9H,1H3/p+1. The van der Waals surface area contributed by atoms with E-state index in [0.29, 0.717) is 10.8 Å². The highest BCUT2D eigenvalue weighted by Gasteiger charge is 2.11. The van der Waals surface area contributed by atoms with Crippen LogP contribution in [0.4, 0.5) is 4.79 Å². The minimum absolute atomic E-state index is 0.339. The summed E-state index contributed by atoms with van der Waals surface area (Å²) in [5.74, 6) is 0.339. The molecule has 2 rings (SSSR count). The topological polar surface area (TPSA) is 42.2 Å². The van der Waals surface area contributed by atoms with E-state index >= 15 is 0 Å². The largest absolute Gasteiger partial charge is 0.466 e. The molecule has 0 bridgehead atoms. The number of ether oxygens (including phenoxy) is 1. The number of aryl methyl sites for hydroxylation is 1. The molecule has 92 valence electrons. The molecule has 0 atom stereocenters. The molecular formula is C13H12ClN2O2+. The molecule has 0 aliphatic carbocycles. The van der Waals surface area contributed by atoms with Crippen LogP contribution >= 0.6 is 11.6 Å². The van der Waals surface area contributed by atoms with Crippen LogP contribution in [0.25, 0.3) is 0 Å². The third kappa shape index (κ3) is 3.21. The molecule has 0 aliphatic rings. The minimum Gasteiger partial charge on any atom is -0.405 e. The Bertz CT molecular complexity index is 558. The Hall–Kier alpha value is -2.07. The van der Waals surface area contributed by atoms with Gasteiger partial charge in [0.15, 0.2) is 18.1 Å². The summed E-state index contributed by atoms with van der Waals surface area (Å²) in [6, 6.07) is 10.7. The fraction of sp³-hybridized carbons (Fsp3) is 0.0769. The number of carbonyl (C=O) groups is 1. The molecule has 1 aromatic heterocycles. The fourth-order valence-electron chi connectivity index (χ4n) is 1.39. The van der Waals surface area contributed by atoms with E-state index in [9.17, 15) is 4.79 Å². The predicted octanol–water partition coefficient (Wildman–Crippen LogP) is 2.68. The lowest BCUT2D eigenvalue weighted by Crippen LogP contribution is -2.48. The van der Waals surface area contributed by atoms with Crippen molar-refractivity contribution in [3.05, 3.63) is 59.4 Å². The quantitative estimate of drug-likeness (QED) is 0.847. The highest BCUT2D eigenvalue weighted by atomic mass is 35.5. The lowest BCUT2D eigenvalue weighted by molar-refractivity contribution is -0.642. The van der Waals surface area contributed by atoms with Crippen LogP contribution in [0.15, 0.2) is 48.8 Å². The molecule has 1 amide bonds. The third-order valence-electron chi connectivity index (χ3n) is 2.23. The van der Waals surface area contributed by atoms with Crippen molar-refractivity contribution in [2.75, 3.05) is 5.43 Å². The van der Waals surface area contributed by atoms with Crippen molar-refractivity contribution in [1.82, 2.24) is 0 Å². The van der Waals surface area contributed by atoms with Gasteiger partial charge in [0, 0.05) is 12.1 Å². The van der Waals surface area contributed by atoms with Crippen LogP contribution in [0.5, 0.6) is 5.75 Å². The van der Waals surface area contributed by atoms with Crippen molar-refractivity contribution >= 4 is 17.7 Å². The van der Waals surface area contributed by atoms with E-state index in [1.165, 1.54) is 4.68 Å². The molecule has 0 radical (unpaired) electrons. The predicted molar refractivity (Wildman–Crippen MR) is 68.2 cm³/mol. The molecule has 0 saturated heterocycles. The van der Waals surface area contributed by atoms with Crippen molar-refractivity contribution in [2.24, 2.45) is 0 Å². The zero-order valence-corrected chi connectivity index (χ0v) is 10.5. The van der Waals surface area contributed by atoms with Gasteiger partial charge in [0.05, 0.1) is 5.02 Å². The van der Waals surface area contributed by atoms with E-state index in [1.807, 2.05) is 19.1 Å². The molecule has 1 aromatic carbocycles.